The van der Waals surface area contributed by atoms with Crippen molar-refractivity contribution in [1.29, 1.82) is 0 Å². The number of rotatable bonds is 10. The van der Waals surface area contributed by atoms with E-state index in [0.717, 1.165) is 17.7 Å². The van der Waals surface area contributed by atoms with Gasteiger partial charge in [0.15, 0.2) is 16.8 Å². The molecule has 0 fully saturated rings. The van der Waals surface area contributed by atoms with Crippen LogP contribution in [0.15, 0.2) is 49.9 Å². The maximum absolute atomic E-state index is 13.1. The molecule has 5 N–H and O–H groups in total. The molecule has 41 heavy (non-hydrogen) atoms. The lowest BCUT2D eigenvalue weighted by molar-refractivity contribution is -0.358. The average molecular weight is 573 g/mol. The average Bonchev–Trinajstić information content (AvgIpc) is 3.52. The molecular weight excluding hydrogens is 536 g/mol. The monoisotopic (exact) mass is 572 g/mol. The molecule has 0 spiro atoms. The smallest absolute Gasteiger partial charge is 0.193 e. The zero-order chi connectivity index (χ0) is 29.6. The highest BCUT2D eigenvalue weighted by molar-refractivity contribution is 5.96. The first-order chi connectivity index (χ1) is 19.5. The van der Waals surface area contributed by atoms with Crippen molar-refractivity contribution in [2.45, 2.75) is 82.7 Å². The van der Waals surface area contributed by atoms with Gasteiger partial charge in [-0.1, -0.05) is 6.92 Å². The summed E-state index contributed by atoms with van der Waals surface area (Å²) in [5, 5.41) is 48.9. The van der Waals surface area contributed by atoms with Gasteiger partial charge in [-0.3, -0.25) is 9.79 Å². The molecule has 6 atom stereocenters. The van der Waals surface area contributed by atoms with Crippen molar-refractivity contribution in [1.82, 2.24) is 0 Å². The second-order valence-electron chi connectivity index (χ2n) is 11.1. The number of benzene rings is 1. The van der Waals surface area contributed by atoms with E-state index < -0.39 is 49.3 Å². The second kappa shape index (κ2) is 11.3. The van der Waals surface area contributed by atoms with Crippen LogP contribution in [0.2, 0.25) is 0 Å². The minimum atomic E-state index is -1.78. The molecule has 222 valence electrons. The summed E-state index contributed by atoms with van der Waals surface area (Å²) in [5.41, 5.74) is 2.53. The first-order valence-electron chi connectivity index (χ1n) is 13.6. The van der Waals surface area contributed by atoms with E-state index in [1.807, 2.05) is 26.1 Å². The topological polar surface area (TPSA) is 175 Å². The lowest BCUT2D eigenvalue weighted by atomic mass is 9.89. The molecule has 0 radical (unpaired) electrons. The Morgan fingerprint density at radius 1 is 1.17 bits per heavy atom. The van der Waals surface area contributed by atoms with E-state index in [9.17, 15) is 25.2 Å². The number of fused-ring (bicyclic) bond motifs is 3. The van der Waals surface area contributed by atoms with E-state index in [1.54, 1.807) is 19.2 Å². The van der Waals surface area contributed by atoms with Crippen LogP contribution in [0.25, 0.3) is 11.0 Å². The van der Waals surface area contributed by atoms with Crippen LogP contribution >= 0.6 is 0 Å². The predicted octanol–water partition coefficient (Wildman–Crippen LogP) is 1.02. The third-order valence-corrected chi connectivity index (χ3v) is 7.81. The molecule has 4 heterocycles. The van der Waals surface area contributed by atoms with E-state index in [4.69, 9.17) is 24.0 Å². The third-order valence-electron chi connectivity index (χ3n) is 7.81. The largest absolute Gasteiger partial charge is 0.482 e. The molecule has 0 saturated carbocycles. The van der Waals surface area contributed by atoms with Crippen LogP contribution in [0, 0.1) is 6.92 Å². The molecule has 2 aromatic rings. The summed E-state index contributed by atoms with van der Waals surface area (Å²) in [5.74, 6) is 1.02. The summed E-state index contributed by atoms with van der Waals surface area (Å²) in [6, 6.07) is 3.14. The van der Waals surface area contributed by atoms with Gasteiger partial charge in [-0.25, -0.2) is 9.78 Å². The van der Waals surface area contributed by atoms with Crippen molar-refractivity contribution in [2.75, 3.05) is 18.1 Å². The SMILES string of the molecule is CCC1C2=CC=NC2=CN1c1c2c(cc3c(=O)cc(C)oc13)C[C@@H](OOC[C@H](O)[C@@H](O)[C@H](O)[C@H](O)CO)C(C)(C)O2. The van der Waals surface area contributed by atoms with Crippen molar-refractivity contribution in [3.8, 4) is 5.75 Å². The van der Waals surface area contributed by atoms with Crippen molar-refractivity contribution in [3.05, 3.63) is 57.2 Å². The van der Waals surface area contributed by atoms with E-state index in [-0.39, 0.29) is 17.9 Å². The van der Waals surface area contributed by atoms with Crippen LogP contribution in [0.3, 0.4) is 0 Å². The Balaban J connectivity index is 1.46. The van der Waals surface area contributed by atoms with Crippen LogP contribution in [-0.2, 0) is 16.2 Å². The number of aliphatic hydroxyl groups is 5. The van der Waals surface area contributed by atoms with E-state index in [0.29, 0.717) is 33.7 Å². The molecule has 0 amide bonds. The molecule has 0 aliphatic carbocycles. The maximum Gasteiger partial charge on any atom is 0.193 e. The quantitative estimate of drug-likeness (QED) is 0.203. The molecule has 1 aromatic heterocycles. The van der Waals surface area contributed by atoms with E-state index in [2.05, 4.69) is 16.8 Å². The highest BCUT2D eigenvalue weighted by Crippen LogP contribution is 2.49. The Bertz CT molecular complexity index is 1460. The van der Waals surface area contributed by atoms with Crippen LogP contribution in [0.4, 0.5) is 5.69 Å². The Morgan fingerprint density at radius 2 is 1.90 bits per heavy atom. The number of allylic oxidation sites excluding steroid dienone is 1. The van der Waals surface area contributed by atoms with Gasteiger partial charge >= 0.3 is 0 Å². The first-order valence-corrected chi connectivity index (χ1v) is 13.6. The molecule has 5 rings (SSSR count). The van der Waals surface area contributed by atoms with Crippen molar-refractivity contribution >= 4 is 22.9 Å². The normalized spacial score (nSPS) is 23.9. The minimum absolute atomic E-state index is 0.0374. The minimum Gasteiger partial charge on any atom is -0.482 e. The Labute approximate surface area is 236 Å². The van der Waals surface area contributed by atoms with Crippen LogP contribution in [0.1, 0.15) is 38.5 Å². The molecule has 3 aliphatic rings. The molecule has 1 unspecified atom stereocenters. The van der Waals surface area contributed by atoms with Gasteiger partial charge < -0.3 is 39.6 Å². The molecule has 1 aromatic carbocycles. The summed E-state index contributed by atoms with van der Waals surface area (Å²) in [6.45, 7) is 6.12. The Hall–Kier alpha value is -3.10. The molecular formula is C29H36N2O10. The number of hydrogen-bond acceptors (Lipinski definition) is 12. The number of anilines is 1. The summed E-state index contributed by atoms with van der Waals surface area (Å²) in [4.78, 5) is 30.5. The fraction of sp³-hybridized carbons (Fsp3) is 0.517. The molecule has 0 saturated heterocycles. The van der Waals surface area contributed by atoms with E-state index >= 15 is 0 Å². The third kappa shape index (κ3) is 5.32. The number of nitrogens with zero attached hydrogens (tertiary/aromatic N) is 2. The summed E-state index contributed by atoms with van der Waals surface area (Å²) >= 11 is 0. The maximum atomic E-state index is 13.1. The molecule has 3 aliphatic heterocycles. The molecule has 12 nitrogen and oxygen atoms in total. The summed E-state index contributed by atoms with van der Waals surface area (Å²) in [7, 11) is 0. The van der Waals surface area contributed by atoms with Crippen LogP contribution < -0.4 is 15.1 Å². The van der Waals surface area contributed by atoms with Crippen molar-refractivity contribution in [2.24, 2.45) is 4.99 Å². The molecule has 12 heteroatoms. The van der Waals surface area contributed by atoms with Gasteiger partial charge in [-0.2, -0.15) is 0 Å². The lowest BCUT2D eigenvalue weighted by Crippen LogP contribution is -2.50. The van der Waals surface area contributed by atoms with Crippen molar-refractivity contribution in [3.63, 3.8) is 0 Å². The van der Waals surface area contributed by atoms with Gasteiger partial charge in [-0.15, -0.1) is 0 Å². The Morgan fingerprint density at radius 3 is 2.61 bits per heavy atom. The van der Waals surface area contributed by atoms with E-state index in [1.165, 1.54) is 6.07 Å². The summed E-state index contributed by atoms with van der Waals surface area (Å²) < 4.78 is 12.7. The second-order valence-corrected chi connectivity index (χ2v) is 11.1. The molecule has 0 bridgehead atoms. The fourth-order valence-corrected chi connectivity index (χ4v) is 5.46. The van der Waals surface area contributed by atoms with Gasteiger partial charge in [0.05, 0.1) is 23.7 Å². The van der Waals surface area contributed by atoms with Crippen LogP contribution in [-0.4, -0.2) is 87.1 Å². The highest BCUT2D eigenvalue weighted by Gasteiger charge is 2.43. The van der Waals surface area contributed by atoms with Gasteiger partial charge in [0.2, 0.25) is 0 Å². The van der Waals surface area contributed by atoms with Gasteiger partial charge in [0, 0.05) is 36.0 Å². The first kappa shape index (κ1) is 29.4. The number of ether oxygens (including phenoxy) is 1. The number of aliphatic hydroxyl groups excluding tert-OH is 5. The number of hydrogen-bond donors (Lipinski definition) is 5. The fourth-order valence-electron chi connectivity index (χ4n) is 5.46. The lowest BCUT2D eigenvalue weighted by Gasteiger charge is -2.41. The standard InChI is InChI=1S/C29H36N2O10/c1-5-19-16-6-7-30-18(16)11-31(19)24-27-15(9-17-20(33)8-14(2)39-28(17)24)10-23(29(3,4)40-27)41-38-13-22(35)26(37)25(36)21(34)12-32/h6-9,11,19,21-23,25-26,32,34-37H,5,10,12-13H2,1-4H3/t19?,21-,22+,23-,25-,26-/m1/s1. The number of aryl methyl sites for hydroxylation is 1. The van der Waals surface area contributed by atoms with Gasteiger partial charge in [-0.05, 0) is 39.3 Å². The summed E-state index contributed by atoms with van der Waals surface area (Å²) in [6.07, 6.45) is -0.739. The predicted molar refractivity (Wildman–Crippen MR) is 149 cm³/mol. The number of aliphatic imine (C=N–C) groups is 1. The van der Waals surface area contributed by atoms with Crippen molar-refractivity contribution < 1.29 is 44.5 Å². The van der Waals surface area contributed by atoms with Gasteiger partial charge in [0.1, 0.15) is 54.2 Å². The van der Waals surface area contributed by atoms with Crippen LogP contribution in [0.5, 0.6) is 5.75 Å². The zero-order valence-electron chi connectivity index (χ0n) is 23.4. The highest BCUT2D eigenvalue weighted by atomic mass is 17.2. The van der Waals surface area contributed by atoms with Gasteiger partial charge in [0.25, 0.3) is 0 Å². The Kier molecular flexibility index (Phi) is 8.09. The zero-order valence-corrected chi connectivity index (χ0v) is 23.4.